The number of fused-ring (bicyclic) bond motifs is 1. The lowest BCUT2D eigenvalue weighted by molar-refractivity contribution is 1.39. The molecule has 108 valence electrons. The summed E-state index contributed by atoms with van der Waals surface area (Å²) in [6.45, 7) is 10.1. The molecule has 0 saturated heterocycles. The molecule has 0 saturated carbocycles. The maximum absolute atomic E-state index is 4.37. The number of hydrogen-bond acceptors (Lipinski definition) is 1. The van der Waals surface area contributed by atoms with Crippen molar-refractivity contribution < 1.29 is 0 Å². The van der Waals surface area contributed by atoms with Crippen LogP contribution in [-0.2, 0) is 6.42 Å². The molecule has 2 aromatic rings. The van der Waals surface area contributed by atoms with Crippen LogP contribution in [0.5, 0.6) is 0 Å². The Morgan fingerprint density at radius 3 is 1.60 bits per heavy atom. The largest absolute Gasteiger partial charge is 0.257 e. The predicted octanol–water partition coefficient (Wildman–Crippen LogP) is 6.07. The summed E-state index contributed by atoms with van der Waals surface area (Å²) in [4.78, 5) is 4.37. The lowest BCUT2D eigenvalue weighted by Crippen LogP contribution is -1.87. The zero-order valence-corrected chi connectivity index (χ0v) is 13.4. The van der Waals surface area contributed by atoms with Crippen LogP contribution in [0.3, 0.4) is 0 Å². The number of benzene rings is 2. The number of hydrogen-bond donors (Lipinski definition) is 0. The molecule has 1 nitrogen and oxygen atoms in total. The summed E-state index contributed by atoms with van der Waals surface area (Å²) < 4.78 is 0. The second-order valence-electron chi connectivity index (χ2n) is 3.81. The molecule has 0 atom stereocenters. The van der Waals surface area contributed by atoms with Crippen molar-refractivity contribution in [3.05, 3.63) is 66.2 Å². The molecule has 0 unspecified atom stereocenters. The normalized spacial score (nSPS) is 10.3. The molecular formula is C19H27N. The quantitative estimate of drug-likeness (QED) is 0.550. The van der Waals surface area contributed by atoms with E-state index in [1.165, 1.54) is 11.3 Å². The monoisotopic (exact) mass is 269 g/mol. The number of para-hydroxylation sites is 1. The lowest BCUT2D eigenvalue weighted by atomic mass is 10.1. The third-order valence-corrected chi connectivity index (χ3v) is 2.42. The van der Waals surface area contributed by atoms with Gasteiger partial charge in [-0.05, 0) is 18.6 Å². The standard InChI is InChI=1S/C9H9N.C6H6.2C2H6/c1-7-6-8-4-2-3-5-9(8)10-7;1-2-4-6-5-3-1;2*1-2/h2-5H,6H2,1H3;1-6H;2*1-2H3. The minimum Gasteiger partial charge on any atom is -0.257 e. The molecule has 20 heavy (non-hydrogen) atoms. The molecule has 0 amide bonds. The van der Waals surface area contributed by atoms with Crippen molar-refractivity contribution in [1.82, 2.24) is 0 Å². The van der Waals surface area contributed by atoms with Crippen LogP contribution in [0.2, 0.25) is 0 Å². The Labute approximate surface area is 124 Å². The third-order valence-electron chi connectivity index (χ3n) is 2.42. The van der Waals surface area contributed by atoms with Crippen LogP contribution >= 0.6 is 0 Å². The highest BCUT2D eigenvalue weighted by Gasteiger charge is 2.08. The fourth-order valence-electron chi connectivity index (χ4n) is 1.68. The second-order valence-corrected chi connectivity index (χ2v) is 3.81. The maximum atomic E-state index is 4.37. The second kappa shape index (κ2) is 12.2. The first kappa shape index (κ1) is 18.1. The molecule has 0 aromatic heterocycles. The highest BCUT2D eigenvalue weighted by molar-refractivity contribution is 5.91. The summed E-state index contributed by atoms with van der Waals surface area (Å²) in [6.07, 6.45) is 1.04. The van der Waals surface area contributed by atoms with Crippen LogP contribution in [0.15, 0.2) is 65.7 Å². The van der Waals surface area contributed by atoms with Crippen molar-refractivity contribution in [3.63, 3.8) is 0 Å². The van der Waals surface area contributed by atoms with Crippen molar-refractivity contribution in [1.29, 1.82) is 0 Å². The Kier molecular flexibility index (Phi) is 11.0. The fourth-order valence-corrected chi connectivity index (χ4v) is 1.68. The smallest absolute Gasteiger partial charge is 0.0664 e. The van der Waals surface area contributed by atoms with E-state index in [1.54, 1.807) is 0 Å². The summed E-state index contributed by atoms with van der Waals surface area (Å²) in [7, 11) is 0. The average Bonchev–Trinajstić information content (AvgIpc) is 2.93. The Morgan fingerprint density at radius 2 is 1.15 bits per heavy atom. The molecule has 0 aliphatic carbocycles. The molecule has 0 N–H and O–H groups in total. The molecule has 0 radical (unpaired) electrons. The zero-order valence-electron chi connectivity index (χ0n) is 13.4. The highest BCUT2D eigenvalue weighted by atomic mass is 14.8. The minimum atomic E-state index is 1.04. The first-order valence-corrected chi connectivity index (χ1v) is 7.48. The number of nitrogens with zero attached hydrogens (tertiary/aromatic N) is 1. The molecule has 0 fully saturated rings. The lowest BCUT2D eigenvalue weighted by Gasteiger charge is -1.91. The van der Waals surface area contributed by atoms with Gasteiger partial charge in [0.05, 0.1) is 5.69 Å². The van der Waals surface area contributed by atoms with E-state index >= 15 is 0 Å². The Hall–Kier alpha value is -1.89. The summed E-state index contributed by atoms with van der Waals surface area (Å²) >= 11 is 0. The van der Waals surface area contributed by atoms with E-state index in [0.717, 1.165) is 12.1 Å². The maximum Gasteiger partial charge on any atom is 0.0664 e. The van der Waals surface area contributed by atoms with Gasteiger partial charge in [-0.2, -0.15) is 0 Å². The van der Waals surface area contributed by atoms with Crippen LogP contribution in [0.4, 0.5) is 5.69 Å². The topological polar surface area (TPSA) is 12.4 Å². The summed E-state index contributed by atoms with van der Waals surface area (Å²) in [6, 6.07) is 20.3. The van der Waals surface area contributed by atoms with Gasteiger partial charge in [-0.25, -0.2) is 0 Å². The molecular weight excluding hydrogens is 242 g/mol. The van der Waals surface area contributed by atoms with Crippen LogP contribution < -0.4 is 0 Å². The molecule has 1 heterocycles. The average molecular weight is 269 g/mol. The van der Waals surface area contributed by atoms with E-state index in [9.17, 15) is 0 Å². The summed E-state index contributed by atoms with van der Waals surface area (Å²) in [5, 5.41) is 0. The van der Waals surface area contributed by atoms with Gasteiger partial charge in [0.1, 0.15) is 0 Å². The zero-order chi connectivity index (χ0) is 15.2. The van der Waals surface area contributed by atoms with E-state index in [4.69, 9.17) is 0 Å². The summed E-state index contributed by atoms with van der Waals surface area (Å²) in [5.41, 5.74) is 3.74. The van der Waals surface area contributed by atoms with E-state index in [-0.39, 0.29) is 0 Å². The Bertz CT molecular complexity index is 445. The van der Waals surface area contributed by atoms with Gasteiger partial charge in [0, 0.05) is 12.1 Å². The highest BCUT2D eigenvalue weighted by Crippen LogP contribution is 2.25. The van der Waals surface area contributed by atoms with Crippen LogP contribution in [0, 0.1) is 0 Å². The van der Waals surface area contributed by atoms with Gasteiger partial charge in [0.25, 0.3) is 0 Å². The van der Waals surface area contributed by atoms with Crippen LogP contribution in [-0.4, -0.2) is 5.71 Å². The van der Waals surface area contributed by atoms with Crippen molar-refractivity contribution in [2.75, 3.05) is 0 Å². The Balaban J connectivity index is 0.000000312. The van der Waals surface area contributed by atoms with Crippen molar-refractivity contribution in [3.8, 4) is 0 Å². The fraction of sp³-hybridized carbons (Fsp3) is 0.316. The van der Waals surface area contributed by atoms with Crippen LogP contribution in [0.25, 0.3) is 0 Å². The Morgan fingerprint density at radius 1 is 0.700 bits per heavy atom. The molecule has 2 aromatic carbocycles. The van der Waals surface area contributed by atoms with Gasteiger partial charge in [-0.3, -0.25) is 4.99 Å². The third kappa shape index (κ3) is 6.89. The first-order chi connectivity index (χ1) is 9.86. The first-order valence-electron chi connectivity index (χ1n) is 7.48. The van der Waals surface area contributed by atoms with Crippen molar-refractivity contribution in [2.24, 2.45) is 4.99 Å². The summed E-state index contributed by atoms with van der Waals surface area (Å²) in [5.74, 6) is 0. The minimum absolute atomic E-state index is 1.04. The van der Waals surface area contributed by atoms with Crippen LogP contribution in [0.1, 0.15) is 40.2 Å². The van der Waals surface area contributed by atoms with E-state index in [2.05, 4.69) is 30.1 Å². The molecule has 1 aliphatic heterocycles. The van der Waals surface area contributed by atoms with Gasteiger partial charge in [0.15, 0.2) is 0 Å². The van der Waals surface area contributed by atoms with Gasteiger partial charge < -0.3 is 0 Å². The van der Waals surface area contributed by atoms with Gasteiger partial charge in [-0.1, -0.05) is 82.3 Å². The van der Waals surface area contributed by atoms with E-state index < -0.39 is 0 Å². The van der Waals surface area contributed by atoms with Gasteiger partial charge >= 0.3 is 0 Å². The van der Waals surface area contributed by atoms with E-state index in [1.807, 2.05) is 70.2 Å². The molecule has 0 spiro atoms. The van der Waals surface area contributed by atoms with E-state index in [0.29, 0.717) is 0 Å². The molecule has 0 bridgehead atoms. The SMILES string of the molecule is CC.CC.CC1=Nc2ccccc2C1.c1ccccc1. The predicted molar refractivity (Wildman–Crippen MR) is 92.1 cm³/mol. The molecule has 1 aliphatic rings. The van der Waals surface area contributed by atoms with Gasteiger partial charge in [-0.15, -0.1) is 0 Å². The molecule has 1 heteroatoms. The van der Waals surface area contributed by atoms with Crippen molar-refractivity contribution in [2.45, 2.75) is 41.0 Å². The van der Waals surface area contributed by atoms with Crippen molar-refractivity contribution >= 4 is 11.4 Å². The number of aliphatic imine (C=N–C) groups is 1. The van der Waals surface area contributed by atoms with Gasteiger partial charge in [0.2, 0.25) is 0 Å². The number of rotatable bonds is 0. The molecule has 3 rings (SSSR count).